The van der Waals surface area contributed by atoms with Crippen molar-refractivity contribution in [2.45, 2.75) is 12.5 Å². The van der Waals surface area contributed by atoms with E-state index in [-0.39, 0.29) is 12.2 Å². The molecule has 0 amide bonds. The highest BCUT2D eigenvalue weighted by atomic mass is 19.1. The van der Waals surface area contributed by atoms with Crippen molar-refractivity contribution in [1.82, 2.24) is 0 Å². The first-order chi connectivity index (χ1) is 5.74. The first-order valence-corrected chi connectivity index (χ1v) is 3.61. The fraction of sp³-hybridized carbons (Fsp3) is 0.200. The van der Waals surface area contributed by atoms with Crippen molar-refractivity contribution in [2.24, 2.45) is 0 Å². The van der Waals surface area contributed by atoms with E-state index in [0.717, 1.165) is 0 Å². The quantitative estimate of drug-likeness (QED) is 0.654. The average molecular weight is 164 g/mol. The molecule has 1 nitrogen and oxygen atoms in total. The lowest BCUT2D eigenvalue weighted by Gasteiger charge is -2.03. The molecule has 12 heavy (non-hydrogen) atoms. The number of terminal acetylenes is 1. The van der Waals surface area contributed by atoms with Gasteiger partial charge in [0, 0.05) is 6.42 Å². The van der Waals surface area contributed by atoms with Gasteiger partial charge in [-0.05, 0) is 11.6 Å². The third-order valence-corrected chi connectivity index (χ3v) is 1.56. The Bertz CT molecular complexity index is 301. The third kappa shape index (κ3) is 2.08. The molecular formula is C10H9FO. The number of halogens is 1. The van der Waals surface area contributed by atoms with E-state index < -0.39 is 6.10 Å². The molecule has 2 heteroatoms. The summed E-state index contributed by atoms with van der Waals surface area (Å²) in [6.07, 6.45) is 4.22. The third-order valence-electron chi connectivity index (χ3n) is 1.56. The zero-order valence-electron chi connectivity index (χ0n) is 6.50. The normalized spacial score (nSPS) is 12.1. The van der Waals surface area contributed by atoms with E-state index >= 15 is 0 Å². The van der Waals surface area contributed by atoms with Gasteiger partial charge >= 0.3 is 0 Å². The van der Waals surface area contributed by atoms with Crippen LogP contribution in [0.4, 0.5) is 4.39 Å². The van der Waals surface area contributed by atoms with Crippen LogP contribution in [0.25, 0.3) is 0 Å². The van der Waals surface area contributed by atoms with Crippen LogP contribution in [0.1, 0.15) is 5.56 Å². The van der Waals surface area contributed by atoms with Gasteiger partial charge in [0.1, 0.15) is 11.9 Å². The average Bonchev–Trinajstić information content (AvgIpc) is 2.09. The Kier molecular flexibility index (Phi) is 2.84. The molecule has 0 bridgehead atoms. The molecule has 0 heterocycles. The summed E-state index contributed by atoms with van der Waals surface area (Å²) >= 11 is 0. The van der Waals surface area contributed by atoms with Crippen LogP contribution in [0.2, 0.25) is 0 Å². The van der Waals surface area contributed by atoms with E-state index in [1.165, 1.54) is 6.07 Å². The molecule has 0 radical (unpaired) electrons. The summed E-state index contributed by atoms with van der Waals surface area (Å²) in [6, 6.07) is 6.26. The van der Waals surface area contributed by atoms with E-state index in [1.54, 1.807) is 18.2 Å². The highest BCUT2D eigenvalue weighted by molar-refractivity contribution is 5.19. The summed E-state index contributed by atoms with van der Waals surface area (Å²) in [5.74, 6) is 1.80. The lowest BCUT2D eigenvalue weighted by molar-refractivity contribution is 0.232. The van der Waals surface area contributed by atoms with Gasteiger partial charge in [0.25, 0.3) is 0 Å². The fourth-order valence-corrected chi connectivity index (χ4v) is 0.931. The van der Waals surface area contributed by atoms with Gasteiger partial charge in [-0.25, -0.2) is 4.39 Å². The number of rotatable bonds is 2. The predicted molar refractivity (Wildman–Crippen MR) is 44.9 cm³/mol. The topological polar surface area (TPSA) is 20.2 Å². The van der Waals surface area contributed by atoms with Crippen LogP contribution in [-0.4, -0.2) is 11.2 Å². The van der Waals surface area contributed by atoms with E-state index in [1.807, 2.05) is 0 Å². The smallest absolute Gasteiger partial charge is 0.126 e. The molecule has 62 valence electrons. The highest BCUT2D eigenvalue weighted by Crippen LogP contribution is 2.08. The minimum atomic E-state index is -0.901. The molecule has 0 saturated carbocycles. The Balaban J connectivity index is 2.77. The highest BCUT2D eigenvalue weighted by Gasteiger charge is 2.04. The summed E-state index contributed by atoms with van der Waals surface area (Å²) in [4.78, 5) is 0. The van der Waals surface area contributed by atoms with E-state index in [4.69, 9.17) is 11.5 Å². The molecule has 1 aromatic carbocycles. The Morgan fingerprint density at radius 1 is 1.50 bits per heavy atom. The molecule has 0 spiro atoms. The second-order valence-corrected chi connectivity index (χ2v) is 2.48. The number of benzene rings is 1. The summed E-state index contributed by atoms with van der Waals surface area (Å²) in [6.45, 7) is 0. The second kappa shape index (κ2) is 3.89. The van der Waals surface area contributed by atoms with Gasteiger partial charge in [-0.2, -0.15) is 0 Å². The van der Waals surface area contributed by atoms with Crippen molar-refractivity contribution >= 4 is 0 Å². The van der Waals surface area contributed by atoms with Gasteiger partial charge in [0.15, 0.2) is 0 Å². The fourth-order valence-electron chi connectivity index (χ4n) is 0.931. The predicted octanol–water partition coefficient (Wildman–Crippen LogP) is 1.36. The second-order valence-electron chi connectivity index (χ2n) is 2.48. The molecule has 0 aliphatic carbocycles. The van der Waals surface area contributed by atoms with Crippen molar-refractivity contribution in [2.75, 3.05) is 0 Å². The molecule has 0 aliphatic heterocycles. The number of hydrogen-bond donors (Lipinski definition) is 1. The van der Waals surface area contributed by atoms with Crippen LogP contribution in [0.3, 0.4) is 0 Å². The molecule has 1 aromatic rings. The zero-order valence-corrected chi connectivity index (χ0v) is 6.50. The summed E-state index contributed by atoms with van der Waals surface area (Å²) < 4.78 is 12.9. The molecule has 0 fully saturated rings. The van der Waals surface area contributed by atoms with Crippen LogP contribution in [0.15, 0.2) is 24.3 Å². The molecular weight excluding hydrogens is 155 g/mol. The van der Waals surface area contributed by atoms with Crippen LogP contribution in [-0.2, 0) is 6.42 Å². The van der Waals surface area contributed by atoms with Crippen LogP contribution in [0, 0.1) is 18.2 Å². The largest absolute Gasteiger partial charge is 0.380 e. The summed E-state index contributed by atoms with van der Waals surface area (Å²) in [5, 5.41) is 9.03. The Labute approximate surface area is 70.9 Å². The molecule has 0 aliphatic rings. The summed E-state index contributed by atoms with van der Waals surface area (Å²) in [5.41, 5.74) is 0.447. The monoisotopic (exact) mass is 164 g/mol. The van der Waals surface area contributed by atoms with E-state index in [2.05, 4.69) is 5.92 Å². The van der Waals surface area contributed by atoms with Gasteiger partial charge in [0.2, 0.25) is 0 Å². The lowest BCUT2D eigenvalue weighted by Crippen LogP contribution is -2.07. The molecule has 0 saturated heterocycles. The van der Waals surface area contributed by atoms with Gasteiger partial charge in [0.05, 0.1) is 0 Å². The SMILES string of the molecule is C#CC(O)Cc1ccccc1F. The summed E-state index contributed by atoms with van der Waals surface area (Å²) in [7, 11) is 0. The van der Waals surface area contributed by atoms with Gasteiger partial charge < -0.3 is 5.11 Å². The number of hydrogen-bond acceptors (Lipinski definition) is 1. The number of aliphatic hydroxyl groups is 1. The van der Waals surface area contributed by atoms with Gasteiger partial charge in [-0.15, -0.1) is 6.42 Å². The first-order valence-electron chi connectivity index (χ1n) is 3.61. The van der Waals surface area contributed by atoms with Crippen molar-refractivity contribution in [1.29, 1.82) is 0 Å². The van der Waals surface area contributed by atoms with Crippen molar-refractivity contribution in [3.05, 3.63) is 35.6 Å². The first kappa shape index (κ1) is 8.76. The van der Waals surface area contributed by atoms with Crippen LogP contribution < -0.4 is 0 Å². The Hall–Kier alpha value is -1.33. The Morgan fingerprint density at radius 2 is 2.17 bits per heavy atom. The van der Waals surface area contributed by atoms with E-state index in [9.17, 15) is 4.39 Å². The van der Waals surface area contributed by atoms with Crippen LogP contribution in [0.5, 0.6) is 0 Å². The van der Waals surface area contributed by atoms with Crippen molar-refractivity contribution < 1.29 is 9.50 Å². The molecule has 1 unspecified atom stereocenters. The van der Waals surface area contributed by atoms with Gasteiger partial charge in [-0.3, -0.25) is 0 Å². The maximum absolute atomic E-state index is 12.9. The molecule has 0 aromatic heterocycles. The lowest BCUT2D eigenvalue weighted by atomic mass is 10.1. The number of aliphatic hydroxyl groups excluding tert-OH is 1. The zero-order chi connectivity index (χ0) is 8.97. The standard InChI is InChI=1S/C10H9FO/c1-2-9(12)7-8-5-3-4-6-10(8)11/h1,3-6,9,12H,7H2. The molecule has 1 N–H and O–H groups in total. The Morgan fingerprint density at radius 3 is 2.75 bits per heavy atom. The molecule has 1 atom stereocenters. The molecule has 1 rings (SSSR count). The minimum Gasteiger partial charge on any atom is -0.380 e. The van der Waals surface area contributed by atoms with Crippen LogP contribution >= 0.6 is 0 Å². The maximum Gasteiger partial charge on any atom is 0.126 e. The van der Waals surface area contributed by atoms with Crippen molar-refractivity contribution in [3.8, 4) is 12.3 Å². The van der Waals surface area contributed by atoms with Crippen molar-refractivity contribution in [3.63, 3.8) is 0 Å². The van der Waals surface area contributed by atoms with E-state index in [0.29, 0.717) is 5.56 Å². The maximum atomic E-state index is 12.9. The van der Waals surface area contributed by atoms with Gasteiger partial charge in [-0.1, -0.05) is 24.1 Å². The minimum absolute atomic E-state index is 0.170.